The van der Waals surface area contributed by atoms with Gasteiger partial charge in [0, 0.05) is 11.5 Å². The van der Waals surface area contributed by atoms with E-state index in [-0.39, 0.29) is 31.0 Å². The average Bonchev–Trinajstić information content (AvgIpc) is 2.89. The molecule has 106 valence electrons. The number of aliphatic hydroxyl groups excluding tert-OH is 2. The molecule has 0 unspecified atom stereocenters. The Morgan fingerprint density at radius 2 is 2.00 bits per heavy atom. The van der Waals surface area contributed by atoms with Crippen LogP contribution in [0.5, 0.6) is 0 Å². The minimum Gasteiger partial charge on any atom is -0.469 e. The van der Waals surface area contributed by atoms with Crippen LogP contribution in [0.2, 0.25) is 0 Å². The largest absolute Gasteiger partial charge is 0.469 e. The van der Waals surface area contributed by atoms with Crippen molar-refractivity contribution in [1.29, 1.82) is 0 Å². The molecule has 1 aromatic rings. The molecule has 0 atom stereocenters. The third-order valence-electron chi connectivity index (χ3n) is 3.84. The van der Waals surface area contributed by atoms with Crippen molar-refractivity contribution < 1.29 is 24.3 Å². The molecule has 0 bridgehead atoms. The highest BCUT2D eigenvalue weighted by Gasteiger charge is 2.31. The van der Waals surface area contributed by atoms with Crippen LogP contribution in [0.4, 0.5) is 0 Å². The van der Waals surface area contributed by atoms with Crippen LogP contribution in [-0.2, 0) is 22.7 Å². The molecule has 1 fully saturated rings. The van der Waals surface area contributed by atoms with Gasteiger partial charge < -0.3 is 19.5 Å². The molecule has 1 aliphatic carbocycles. The second-order valence-electron chi connectivity index (χ2n) is 4.86. The Labute approximate surface area is 111 Å². The maximum absolute atomic E-state index is 11.5. The van der Waals surface area contributed by atoms with Gasteiger partial charge in [0.2, 0.25) is 0 Å². The summed E-state index contributed by atoms with van der Waals surface area (Å²) in [4.78, 5) is 11.5. The first-order valence-corrected chi connectivity index (χ1v) is 6.48. The standard InChI is InChI=1S/C13H19NO5/c1-18-13(17)9-4-2-8(3-5-9)12-10(6-15)11(7-16)14-19-12/h8-9,15-16H,2-7H2,1H3/t8-,9-. The van der Waals surface area contributed by atoms with Gasteiger partial charge in [0.15, 0.2) is 0 Å². The number of ether oxygens (including phenoxy) is 1. The molecule has 6 nitrogen and oxygen atoms in total. The summed E-state index contributed by atoms with van der Waals surface area (Å²) in [6.45, 7) is -0.428. The van der Waals surface area contributed by atoms with E-state index in [1.165, 1.54) is 7.11 Å². The molecule has 1 aliphatic rings. The van der Waals surface area contributed by atoms with Gasteiger partial charge in [-0.2, -0.15) is 0 Å². The Morgan fingerprint density at radius 1 is 1.32 bits per heavy atom. The second-order valence-corrected chi connectivity index (χ2v) is 4.86. The van der Waals surface area contributed by atoms with Crippen molar-refractivity contribution in [2.45, 2.75) is 44.8 Å². The third kappa shape index (κ3) is 2.79. The average molecular weight is 269 g/mol. The smallest absolute Gasteiger partial charge is 0.308 e. The summed E-state index contributed by atoms with van der Waals surface area (Å²) in [6, 6.07) is 0. The van der Waals surface area contributed by atoms with E-state index in [0.717, 1.165) is 25.7 Å². The topological polar surface area (TPSA) is 92.8 Å². The lowest BCUT2D eigenvalue weighted by Gasteiger charge is -2.25. The van der Waals surface area contributed by atoms with Crippen LogP contribution >= 0.6 is 0 Å². The lowest BCUT2D eigenvalue weighted by atomic mass is 9.80. The van der Waals surface area contributed by atoms with E-state index in [4.69, 9.17) is 14.4 Å². The van der Waals surface area contributed by atoms with E-state index >= 15 is 0 Å². The van der Waals surface area contributed by atoms with Gasteiger partial charge in [-0.3, -0.25) is 4.79 Å². The van der Waals surface area contributed by atoms with Gasteiger partial charge in [0.1, 0.15) is 11.5 Å². The van der Waals surface area contributed by atoms with Gasteiger partial charge in [-0.25, -0.2) is 0 Å². The Bertz CT molecular complexity index is 434. The molecule has 1 heterocycles. The summed E-state index contributed by atoms with van der Waals surface area (Å²) in [5, 5.41) is 22.2. The lowest BCUT2D eigenvalue weighted by molar-refractivity contribution is -0.146. The normalized spacial score (nSPS) is 23.3. The Hall–Kier alpha value is -1.40. The summed E-state index contributed by atoms with van der Waals surface area (Å²) in [5.41, 5.74) is 0.983. The quantitative estimate of drug-likeness (QED) is 0.795. The number of carbonyl (C=O) groups is 1. The summed E-state index contributed by atoms with van der Waals surface area (Å²) in [6.07, 6.45) is 3.09. The lowest BCUT2D eigenvalue weighted by Crippen LogP contribution is -2.22. The number of methoxy groups -OCH3 is 1. The van der Waals surface area contributed by atoms with Crippen LogP contribution in [0, 0.1) is 5.92 Å². The van der Waals surface area contributed by atoms with Crippen LogP contribution in [0.1, 0.15) is 48.6 Å². The molecule has 0 radical (unpaired) electrons. The molecule has 2 rings (SSSR count). The Kier molecular flexibility index (Phi) is 4.55. The molecule has 0 spiro atoms. The number of rotatable bonds is 4. The molecule has 0 aliphatic heterocycles. The van der Waals surface area contributed by atoms with E-state index in [9.17, 15) is 9.90 Å². The van der Waals surface area contributed by atoms with E-state index in [2.05, 4.69) is 5.16 Å². The third-order valence-corrected chi connectivity index (χ3v) is 3.84. The number of nitrogens with zero attached hydrogens (tertiary/aromatic N) is 1. The van der Waals surface area contributed by atoms with Crippen LogP contribution in [0.15, 0.2) is 4.52 Å². The van der Waals surface area contributed by atoms with Crippen molar-refractivity contribution in [1.82, 2.24) is 5.16 Å². The molecule has 0 aromatic carbocycles. The van der Waals surface area contributed by atoms with Crippen molar-refractivity contribution >= 4 is 5.97 Å². The van der Waals surface area contributed by atoms with E-state index in [1.54, 1.807) is 0 Å². The molecule has 6 heteroatoms. The summed E-state index contributed by atoms with van der Waals surface area (Å²) < 4.78 is 10.0. The molecular weight excluding hydrogens is 250 g/mol. The number of aromatic nitrogens is 1. The molecule has 0 saturated heterocycles. The molecule has 2 N–H and O–H groups in total. The molecule has 1 aromatic heterocycles. The first-order valence-electron chi connectivity index (χ1n) is 6.48. The zero-order valence-electron chi connectivity index (χ0n) is 11.0. The number of carbonyl (C=O) groups excluding carboxylic acids is 1. The van der Waals surface area contributed by atoms with Crippen molar-refractivity contribution in [2.75, 3.05) is 7.11 Å². The van der Waals surface area contributed by atoms with Gasteiger partial charge in [-0.05, 0) is 25.7 Å². The Morgan fingerprint density at radius 3 is 2.53 bits per heavy atom. The van der Waals surface area contributed by atoms with Crippen LogP contribution in [-0.4, -0.2) is 28.4 Å². The van der Waals surface area contributed by atoms with Crippen LogP contribution in [0.25, 0.3) is 0 Å². The monoisotopic (exact) mass is 269 g/mol. The molecular formula is C13H19NO5. The minimum atomic E-state index is -0.239. The maximum atomic E-state index is 11.5. The Balaban J connectivity index is 2.05. The summed E-state index contributed by atoms with van der Waals surface area (Å²) >= 11 is 0. The van der Waals surface area contributed by atoms with Crippen LogP contribution in [0.3, 0.4) is 0 Å². The maximum Gasteiger partial charge on any atom is 0.308 e. The molecule has 0 amide bonds. The fraction of sp³-hybridized carbons (Fsp3) is 0.692. The summed E-state index contributed by atoms with van der Waals surface area (Å²) in [5.74, 6) is 0.597. The first-order chi connectivity index (χ1) is 9.21. The van der Waals surface area contributed by atoms with Gasteiger partial charge in [0.25, 0.3) is 0 Å². The summed E-state index contributed by atoms with van der Waals surface area (Å²) in [7, 11) is 1.41. The highest BCUT2D eigenvalue weighted by molar-refractivity contribution is 5.72. The number of aliphatic hydroxyl groups is 2. The zero-order valence-corrected chi connectivity index (χ0v) is 11.0. The number of esters is 1. The van der Waals surface area contributed by atoms with Crippen LogP contribution < -0.4 is 0 Å². The second kappa shape index (κ2) is 6.16. The fourth-order valence-electron chi connectivity index (χ4n) is 2.73. The first kappa shape index (κ1) is 14.0. The van der Waals surface area contributed by atoms with Crippen molar-refractivity contribution in [3.63, 3.8) is 0 Å². The van der Waals surface area contributed by atoms with Crippen molar-refractivity contribution in [3.05, 3.63) is 17.0 Å². The van der Waals surface area contributed by atoms with Gasteiger partial charge in [0.05, 0.1) is 26.2 Å². The van der Waals surface area contributed by atoms with Gasteiger partial charge in [-0.15, -0.1) is 0 Å². The highest BCUT2D eigenvalue weighted by Crippen LogP contribution is 2.38. The van der Waals surface area contributed by atoms with Gasteiger partial charge in [-0.1, -0.05) is 5.16 Å². The zero-order chi connectivity index (χ0) is 13.8. The predicted molar refractivity (Wildman–Crippen MR) is 65.1 cm³/mol. The highest BCUT2D eigenvalue weighted by atomic mass is 16.5. The number of hydrogen-bond donors (Lipinski definition) is 2. The van der Waals surface area contributed by atoms with E-state index in [1.807, 2.05) is 0 Å². The van der Waals surface area contributed by atoms with Crippen molar-refractivity contribution in [2.24, 2.45) is 5.92 Å². The van der Waals surface area contributed by atoms with E-state index in [0.29, 0.717) is 17.0 Å². The SMILES string of the molecule is COC(=O)[C@H]1CC[C@H](c2onc(CO)c2CO)CC1. The molecule has 1 saturated carbocycles. The number of hydrogen-bond acceptors (Lipinski definition) is 6. The predicted octanol–water partition coefficient (Wildman–Crippen LogP) is 1.11. The van der Waals surface area contributed by atoms with Gasteiger partial charge >= 0.3 is 5.97 Å². The minimum absolute atomic E-state index is 0.0425. The van der Waals surface area contributed by atoms with E-state index < -0.39 is 0 Å². The fourth-order valence-corrected chi connectivity index (χ4v) is 2.73. The molecule has 19 heavy (non-hydrogen) atoms. The van der Waals surface area contributed by atoms with Crippen molar-refractivity contribution in [3.8, 4) is 0 Å².